The number of aryl methyl sites for hydroxylation is 1. The molecule has 0 bridgehead atoms. The lowest BCUT2D eigenvalue weighted by atomic mass is 10.2. The second kappa shape index (κ2) is 8.94. The fourth-order valence-electron chi connectivity index (χ4n) is 2.01. The van der Waals surface area contributed by atoms with E-state index in [1.165, 1.54) is 5.56 Å². The lowest BCUT2D eigenvalue weighted by Gasteiger charge is -2.26. The first-order chi connectivity index (χ1) is 9.17. The van der Waals surface area contributed by atoms with Crippen LogP contribution >= 0.6 is 0 Å². The van der Waals surface area contributed by atoms with Gasteiger partial charge in [0.2, 0.25) is 0 Å². The van der Waals surface area contributed by atoms with Crippen molar-refractivity contribution in [3.8, 4) is 0 Å². The Morgan fingerprint density at radius 1 is 1.32 bits per heavy atom. The minimum Gasteiger partial charge on any atom is -0.389 e. The van der Waals surface area contributed by atoms with E-state index in [-0.39, 0.29) is 0 Å². The van der Waals surface area contributed by atoms with Gasteiger partial charge in [0.15, 0.2) is 0 Å². The zero-order valence-corrected chi connectivity index (χ0v) is 12.4. The fourth-order valence-corrected chi connectivity index (χ4v) is 2.01. The maximum Gasteiger partial charge on any atom is 0.0947 e. The first-order valence-electron chi connectivity index (χ1n) is 7.24. The Balaban J connectivity index is 2.43. The summed E-state index contributed by atoms with van der Waals surface area (Å²) in [6, 6.07) is 8.37. The van der Waals surface area contributed by atoms with Gasteiger partial charge in [-0.05, 0) is 38.0 Å². The van der Waals surface area contributed by atoms with Crippen LogP contribution in [0, 0.1) is 6.92 Å². The van der Waals surface area contributed by atoms with E-state index in [0.717, 1.165) is 31.7 Å². The summed E-state index contributed by atoms with van der Waals surface area (Å²) < 4.78 is 5.46. The molecule has 0 radical (unpaired) electrons. The van der Waals surface area contributed by atoms with Crippen LogP contribution in [-0.2, 0) is 4.74 Å². The number of ether oxygens (including phenoxy) is 1. The zero-order valence-electron chi connectivity index (χ0n) is 12.4. The number of hydrogen-bond donors (Lipinski definition) is 1. The molecule has 0 spiro atoms. The van der Waals surface area contributed by atoms with Gasteiger partial charge in [-0.25, -0.2) is 0 Å². The van der Waals surface area contributed by atoms with Gasteiger partial charge in [0.25, 0.3) is 0 Å². The summed E-state index contributed by atoms with van der Waals surface area (Å²) in [5.41, 5.74) is 2.40. The first kappa shape index (κ1) is 16.0. The summed E-state index contributed by atoms with van der Waals surface area (Å²) in [6.45, 7) is 8.99. The lowest BCUT2D eigenvalue weighted by Crippen LogP contribution is -2.35. The van der Waals surface area contributed by atoms with Gasteiger partial charge < -0.3 is 14.7 Å². The summed E-state index contributed by atoms with van der Waals surface area (Å²) >= 11 is 0. The SMILES string of the molecule is CCCCOCC(O)CN(CC)c1cccc(C)c1. The van der Waals surface area contributed by atoms with Crippen molar-refractivity contribution in [3.05, 3.63) is 29.8 Å². The van der Waals surface area contributed by atoms with Crippen molar-refractivity contribution in [3.63, 3.8) is 0 Å². The number of unbranched alkanes of at least 4 members (excludes halogenated alkanes) is 1. The molecule has 0 fully saturated rings. The van der Waals surface area contributed by atoms with Crippen molar-refractivity contribution in [2.45, 2.75) is 39.7 Å². The molecule has 1 atom stereocenters. The van der Waals surface area contributed by atoms with Crippen LogP contribution in [0.5, 0.6) is 0 Å². The lowest BCUT2D eigenvalue weighted by molar-refractivity contribution is 0.0393. The van der Waals surface area contributed by atoms with Crippen LogP contribution in [0.2, 0.25) is 0 Å². The predicted octanol–water partition coefficient (Wildman–Crippen LogP) is 3.00. The van der Waals surface area contributed by atoms with E-state index in [1.54, 1.807) is 0 Å². The van der Waals surface area contributed by atoms with Gasteiger partial charge in [0, 0.05) is 25.4 Å². The Bertz CT molecular complexity index is 354. The van der Waals surface area contributed by atoms with Crippen molar-refractivity contribution in [2.24, 2.45) is 0 Å². The van der Waals surface area contributed by atoms with Crippen LogP contribution in [0.1, 0.15) is 32.3 Å². The molecule has 1 unspecified atom stereocenters. The van der Waals surface area contributed by atoms with E-state index < -0.39 is 6.10 Å². The number of likely N-dealkylation sites (N-methyl/N-ethyl adjacent to an activating group) is 1. The van der Waals surface area contributed by atoms with Crippen molar-refractivity contribution in [2.75, 3.05) is 31.2 Å². The van der Waals surface area contributed by atoms with Gasteiger partial charge in [0.1, 0.15) is 0 Å². The average Bonchev–Trinajstić information content (AvgIpc) is 2.41. The fraction of sp³-hybridized carbons (Fsp3) is 0.625. The minimum atomic E-state index is -0.433. The molecule has 108 valence electrons. The normalized spacial score (nSPS) is 12.4. The Kier molecular flexibility index (Phi) is 7.53. The van der Waals surface area contributed by atoms with Gasteiger partial charge in [-0.15, -0.1) is 0 Å². The molecule has 19 heavy (non-hydrogen) atoms. The highest BCUT2D eigenvalue weighted by atomic mass is 16.5. The minimum absolute atomic E-state index is 0.419. The molecule has 1 aromatic carbocycles. The highest BCUT2D eigenvalue weighted by Gasteiger charge is 2.11. The molecule has 3 heteroatoms. The van der Waals surface area contributed by atoms with Crippen molar-refractivity contribution in [1.29, 1.82) is 0 Å². The second-order valence-corrected chi connectivity index (χ2v) is 4.96. The zero-order chi connectivity index (χ0) is 14.1. The van der Waals surface area contributed by atoms with Crippen molar-refractivity contribution in [1.82, 2.24) is 0 Å². The van der Waals surface area contributed by atoms with E-state index in [9.17, 15) is 5.11 Å². The van der Waals surface area contributed by atoms with E-state index >= 15 is 0 Å². The van der Waals surface area contributed by atoms with Crippen molar-refractivity contribution < 1.29 is 9.84 Å². The maximum absolute atomic E-state index is 10.0. The maximum atomic E-state index is 10.0. The monoisotopic (exact) mass is 265 g/mol. The Morgan fingerprint density at radius 3 is 2.74 bits per heavy atom. The molecular weight excluding hydrogens is 238 g/mol. The number of nitrogens with zero attached hydrogens (tertiary/aromatic N) is 1. The standard InChI is InChI=1S/C16H27NO2/c1-4-6-10-19-13-16(18)12-17(5-2)15-9-7-8-14(3)11-15/h7-9,11,16,18H,4-6,10,12-13H2,1-3H3. The molecular formula is C16H27NO2. The molecule has 0 aliphatic rings. The number of aliphatic hydroxyl groups is 1. The summed E-state index contributed by atoms with van der Waals surface area (Å²) in [5.74, 6) is 0. The smallest absolute Gasteiger partial charge is 0.0947 e. The van der Waals surface area contributed by atoms with Crippen LogP contribution in [0.25, 0.3) is 0 Å². The van der Waals surface area contributed by atoms with Crippen LogP contribution in [0.4, 0.5) is 5.69 Å². The second-order valence-electron chi connectivity index (χ2n) is 4.96. The first-order valence-corrected chi connectivity index (χ1v) is 7.24. The summed E-state index contributed by atoms with van der Waals surface area (Å²) in [4.78, 5) is 2.18. The Hall–Kier alpha value is -1.06. The Morgan fingerprint density at radius 2 is 2.11 bits per heavy atom. The summed E-state index contributed by atoms with van der Waals surface area (Å²) in [6.07, 6.45) is 1.75. The quantitative estimate of drug-likeness (QED) is 0.697. The van der Waals surface area contributed by atoms with Crippen molar-refractivity contribution >= 4 is 5.69 Å². The molecule has 0 aliphatic carbocycles. The third-order valence-electron chi connectivity index (χ3n) is 3.13. The number of aliphatic hydroxyl groups excluding tert-OH is 1. The molecule has 0 aliphatic heterocycles. The number of anilines is 1. The molecule has 1 rings (SSSR count). The van der Waals surface area contributed by atoms with Crippen LogP contribution in [-0.4, -0.2) is 37.5 Å². The third kappa shape index (κ3) is 6.08. The molecule has 0 heterocycles. The van der Waals surface area contributed by atoms with Gasteiger partial charge in [0.05, 0.1) is 12.7 Å². The van der Waals surface area contributed by atoms with E-state index in [4.69, 9.17) is 4.74 Å². The molecule has 0 saturated carbocycles. The summed E-state index contributed by atoms with van der Waals surface area (Å²) in [7, 11) is 0. The molecule has 0 amide bonds. The van der Waals surface area contributed by atoms with E-state index in [0.29, 0.717) is 13.2 Å². The third-order valence-corrected chi connectivity index (χ3v) is 3.13. The van der Waals surface area contributed by atoms with Gasteiger partial charge in [-0.2, -0.15) is 0 Å². The predicted molar refractivity (Wildman–Crippen MR) is 80.8 cm³/mol. The average molecular weight is 265 g/mol. The van der Waals surface area contributed by atoms with Crippen LogP contribution in [0.15, 0.2) is 24.3 Å². The van der Waals surface area contributed by atoms with E-state index in [2.05, 4.69) is 49.9 Å². The largest absolute Gasteiger partial charge is 0.389 e. The van der Waals surface area contributed by atoms with Crippen LogP contribution in [0.3, 0.4) is 0 Å². The molecule has 0 aromatic heterocycles. The van der Waals surface area contributed by atoms with Gasteiger partial charge in [-0.1, -0.05) is 25.5 Å². The van der Waals surface area contributed by atoms with Crippen LogP contribution < -0.4 is 4.90 Å². The molecule has 3 nitrogen and oxygen atoms in total. The van der Waals surface area contributed by atoms with Gasteiger partial charge in [-0.3, -0.25) is 0 Å². The summed E-state index contributed by atoms with van der Waals surface area (Å²) in [5, 5.41) is 10.0. The number of benzene rings is 1. The molecule has 1 N–H and O–H groups in total. The topological polar surface area (TPSA) is 32.7 Å². The highest BCUT2D eigenvalue weighted by Crippen LogP contribution is 2.16. The van der Waals surface area contributed by atoms with Gasteiger partial charge >= 0.3 is 0 Å². The molecule has 1 aromatic rings. The number of hydrogen-bond acceptors (Lipinski definition) is 3. The number of rotatable bonds is 9. The van der Waals surface area contributed by atoms with E-state index in [1.807, 2.05) is 0 Å². The Labute approximate surface area is 117 Å². The highest BCUT2D eigenvalue weighted by molar-refractivity contribution is 5.48. The molecule has 0 saturated heterocycles.